The highest BCUT2D eigenvalue weighted by molar-refractivity contribution is 6.58. The topological polar surface area (TPSA) is 86.8 Å². The molecule has 1 saturated heterocycles. The summed E-state index contributed by atoms with van der Waals surface area (Å²) in [6, 6.07) is 4.34. The van der Waals surface area contributed by atoms with Crippen LogP contribution in [0, 0.1) is 10.1 Å². The maximum absolute atomic E-state index is 11.1. The zero-order valence-electron chi connectivity index (χ0n) is 9.95. The van der Waals surface area contributed by atoms with Crippen LogP contribution in [0.25, 0.3) is 0 Å². The lowest BCUT2D eigenvalue weighted by molar-refractivity contribution is -0.384. The molecule has 1 aliphatic rings. The largest absolute Gasteiger partial charge is 0.488 e. The Morgan fingerprint density at radius 3 is 2.44 bits per heavy atom. The van der Waals surface area contributed by atoms with Gasteiger partial charge in [0.05, 0.1) is 4.92 Å². The first-order valence-corrected chi connectivity index (χ1v) is 5.99. The summed E-state index contributed by atoms with van der Waals surface area (Å²) in [5.41, 5.74) is 0.633. The Morgan fingerprint density at radius 2 is 1.89 bits per heavy atom. The van der Waals surface area contributed by atoms with Gasteiger partial charge in [-0.05, 0) is 30.8 Å². The quantitative estimate of drug-likeness (QED) is 0.456. The third kappa shape index (κ3) is 2.62. The van der Waals surface area contributed by atoms with E-state index in [1.54, 1.807) is 6.07 Å². The van der Waals surface area contributed by atoms with E-state index < -0.39 is 12.0 Å². The van der Waals surface area contributed by atoms with Gasteiger partial charge in [-0.2, -0.15) is 0 Å². The first kappa shape index (κ1) is 12.9. The lowest BCUT2D eigenvalue weighted by atomic mass is 9.80. The number of anilines is 1. The monoisotopic (exact) mass is 250 g/mol. The Labute approximate surface area is 105 Å². The second-order valence-electron chi connectivity index (χ2n) is 4.43. The first-order valence-electron chi connectivity index (χ1n) is 5.99. The van der Waals surface area contributed by atoms with Crippen molar-refractivity contribution in [2.45, 2.75) is 19.3 Å². The molecule has 0 radical (unpaired) electrons. The summed E-state index contributed by atoms with van der Waals surface area (Å²) in [6.07, 6.45) is 3.21. The normalized spacial score (nSPS) is 15.6. The van der Waals surface area contributed by atoms with Crippen molar-refractivity contribution >= 4 is 24.0 Å². The van der Waals surface area contributed by atoms with Crippen LogP contribution >= 0.6 is 0 Å². The van der Waals surface area contributed by atoms with Crippen LogP contribution < -0.4 is 10.4 Å². The van der Waals surface area contributed by atoms with E-state index in [9.17, 15) is 10.1 Å². The van der Waals surface area contributed by atoms with E-state index in [0.717, 1.165) is 32.4 Å². The summed E-state index contributed by atoms with van der Waals surface area (Å²) in [4.78, 5) is 12.6. The Balaban J connectivity index is 2.36. The molecule has 0 unspecified atom stereocenters. The van der Waals surface area contributed by atoms with Gasteiger partial charge < -0.3 is 14.9 Å². The minimum atomic E-state index is -1.68. The predicted octanol–water partition coefficient (Wildman–Crippen LogP) is 0.265. The van der Waals surface area contributed by atoms with Gasteiger partial charge >= 0.3 is 7.12 Å². The Bertz CT molecular complexity index is 447. The molecule has 1 aromatic rings. The molecule has 0 aliphatic carbocycles. The van der Waals surface area contributed by atoms with Crippen LogP contribution in [0.15, 0.2) is 18.2 Å². The average molecular weight is 250 g/mol. The third-order valence-corrected chi connectivity index (χ3v) is 3.19. The summed E-state index contributed by atoms with van der Waals surface area (Å²) in [7, 11) is -1.68. The van der Waals surface area contributed by atoms with Crippen LogP contribution in [0.3, 0.4) is 0 Å². The second-order valence-corrected chi connectivity index (χ2v) is 4.43. The van der Waals surface area contributed by atoms with Gasteiger partial charge in [0.25, 0.3) is 5.69 Å². The fourth-order valence-corrected chi connectivity index (χ4v) is 2.25. The van der Waals surface area contributed by atoms with Crippen molar-refractivity contribution in [1.82, 2.24) is 0 Å². The highest BCUT2D eigenvalue weighted by Gasteiger charge is 2.24. The van der Waals surface area contributed by atoms with Crippen molar-refractivity contribution in [2.75, 3.05) is 18.0 Å². The lowest BCUT2D eigenvalue weighted by Crippen LogP contribution is -2.33. The minimum Gasteiger partial charge on any atom is -0.423 e. The summed E-state index contributed by atoms with van der Waals surface area (Å²) >= 11 is 0. The zero-order valence-corrected chi connectivity index (χ0v) is 9.95. The minimum absolute atomic E-state index is 0.0671. The fraction of sp³-hybridized carbons (Fsp3) is 0.455. The van der Waals surface area contributed by atoms with Gasteiger partial charge in [-0.15, -0.1) is 0 Å². The van der Waals surface area contributed by atoms with E-state index in [2.05, 4.69) is 0 Å². The maximum Gasteiger partial charge on any atom is 0.488 e. The molecule has 0 bridgehead atoms. The van der Waals surface area contributed by atoms with Crippen LogP contribution in [-0.2, 0) is 0 Å². The molecule has 1 aromatic carbocycles. The Morgan fingerprint density at radius 1 is 1.22 bits per heavy atom. The molecular formula is C11H15BN2O4. The summed E-state index contributed by atoms with van der Waals surface area (Å²) in [6.45, 7) is 1.61. The van der Waals surface area contributed by atoms with Crippen molar-refractivity contribution in [3.63, 3.8) is 0 Å². The van der Waals surface area contributed by atoms with Crippen molar-refractivity contribution in [3.8, 4) is 0 Å². The molecule has 2 rings (SSSR count). The molecule has 18 heavy (non-hydrogen) atoms. The predicted molar refractivity (Wildman–Crippen MR) is 69.0 cm³/mol. The molecule has 96 valence electrons. The SMILES string of the molecule is O=[N+]([O-])c1cc(B(O)O)ccc1N1CCCCC1. The van der Waals surface area contributed by atoms with Crippen molar-refractivity contribution < 1.29 is 15.0 Å². The van der Waals surface area contributed by atoms with Crippen LogP contribution in [0.5, 0.6) is 0 Å². The number of benzene rings is 1. The zero-order chi connectivity index (χ0) is 13.1. The summed E-state index contributed by atoms with van der Waals surface area (Å²) in [5, 5.41) is 29.2. The molecule has 1 heterocycles. The third-order valence-electron chi connectivity index (χ3n) is 3.19. The number of hydrogen-bond acceptors (Lipinski definition) is 5. The molecule has 0 spiro atoms. The first-order chi connectivity index (χ1) is 8.59. The number of nitrogens with zero attached hydrogens (tertiary/aromatic N) is 2. The molecule has 0 saturated carbocycles. The number of piperidine rings is 1. The Kier molecular flexibility index (Phi) is 3.83. The van der Waals surface area contributed by atoms with Crippen LogP contribution in [0.1, 0.15) is 19.3 Å². The van der Waals surface area contributed by atoms with Gasteiger partial charge in [-0.1, -0.05) is 6.07 Å². The molecule has 2 N–H and O–H groups in total. The number of rotatable bonds is 3. The van der Waals surface area contributed by atoms with Gasteiger partial charge in [0.1, 0.15) is 5.69 Å². The molecule has 1 aliphatic heterocycles. The van der Waals surface area contributed by atoms with E-state index in [1.165, 1.54) is 12.1 Å². The highest BCUT2D eigenvalue weighted by Crippen LogP contribution is 2.29. The highest BCUT2D eigenvalue weighted by atomic mass is 16.6. The standard InChI is InChI=1S/C11H15BN2O4/c15-12(16)9-4-5-10(11(8-9)14(17)18)13-6-2-1-3-7-13/h4-5,8,15-16H,1-3,6-7H2. The number of nitro benzene ring substituents is 1. The molecule has 7 heteroatoms. The van der Waals surface area contributed by atoms with Crippen LogP contribution in [0.4, 0.5) is 11.4 Å². The van der Waals surface area contributed by atoms with Gasteiger partial charge in [-0.25, -0.2) is 0 Å². The summed E-state index contributed by atoms with van der Waals surface area (Å²) in [5.74, 6) is 0. The van der Waals surface area contributed by atoms with E-state index in [0.29, 0.717) is 5.69 Å². The summed E-state index contributed by atoms with van der Waals surface area (Å²) < 4.78 is 0. The second kappa shape index (κ2) is 5.37. The van der Waals surface area contributed by atoms with Crippen LogP contribution in [0.2, 0.25) is 0 Å². The molecule has 0 atom stereocenters. The van der Waals surface area contributed by atoms with E-state index >= 15 is 0 Å². The molecule has 0 amide bonds. The maximum atomic E-state index is 11.1. The molecule has 6 nitrogen and oxygen atoms in total. The molecule has 0 aromatic heterocycles. The van der Waals surface area contributed by atoms with Crippen molar-refractivity contribution in [1.29, 1.82) is 0 Å². The van der Waals surface area contributed by atoms with Crippen molar-refractivity contribution in [2.24, 2.45) is 0 Å². The Hall–Kier alpha value is -1.60. The number of hydrogen-bond donors (Lipinski definition) is 2. The van der Waals surface area contributed by atoms with E-state index in [1.807, 2.05) is 4.90 Å². The molecular weight excluding hydrogens is 235 g/mol. The van der Waals surface area contributed by atoms with E-state index in [4.69, 9.17) is 10.0 Å². The molecule has 1 fully saturated rings. The fourth-order valence-electron chi connectivity index (χ4n) is 2.25. The number of nitro groups is 1. The average Bonchev–Trinajstić information content (AvgIpc) is 2.39. The van der Waals surface area contributed by atoms with Crippen LogP contribution in [-0.4, -0.2) is 35.2 Å². The van der Waals surface area contributed by atoms with Gasteiger partial charge in [0.15, 0.2) is 0 Å². The van der Waals surface area contributed by atoms with Gasteiger partial charge in [0.2, 0.25) is 0 Å². The van der Waals surface area contributed by atoms with Crippen molar-refractivity contribution in [3.05, 3.63) is 28.3 Å². The smallest absolute Gasteiger partial charge is 0.423 e. The lowest BCUT2D eigenvalue weighted by Gasteiger charge is -2.28. The van der Waals surface area contributed by atoms with Gasteiger partial charge in [0, 0.05) is 19.2 Å². The van der Waals surface area contributed by atoms with E-state index in [-0.39, 0.29) is 11.2 Å². The van der Waals surface area contributed by atoms with Gasteiger partial charge in [-0.3, -0.25) is 10.1 Å².